The third-order valence-corrected chi connectivity index (χ3v) is 7.18. The van der Waals surface area contributed by atoms with E-state index < -0.39 is 10.0 Å². The highest BCUT2D eigenvalue weighted by Crippen LogP contribution is 2.35. The van der Waals surface area contributed by atoms with Crippen molar-refractivity contribution >= 4 is 21.5 Å². The SMILES string of the molecule is COc1ccc(CCCN2C=CC=C3C2=Nc2cc(C)ccc2S(=O)(=O)N3C)cc1. The molecule has 0 fully saturated rings. The number of hydrogen-bond donors (Lipinski definition) is 0. The van der Waals surface area contributed by atoms with Crippen LogP contribution in [0.25, 0.3) is 0 Å². The molecule has 156 valence electrons. The normalized spacial score (nSPS) is 16.9. The molecule has 2 aromatic rings. The van der Waals surface area contributed by atoms with Gasteiger partial charge in [-0.3, -0.25) is 4.31 Å². The van der Waals surface area contributed by atoms with Crippen molar-refractivity contribution < 1.29 is 13.2 Å². The van der Waals surface area contributed by atoms with Crippen molar-refractivity contribution in [2.75, 3.05) is 20.7 Å². The summed E-state index contributed by atoms with van der Waals surface area (Å²) in [6.45, 7) is 2.67. The average molecular weight is 424 g/mol. The molecule has 0 unspecified atom stereocenters. The van der Waals surface area contributed by atoms with E-state index in [9.17, 15) is 8.42 Å². The summed E-state index contributed by atoms with van der Waals surface area (Å²) in [6, 6.07) is 13.3. The molecule has 0 radical (unpaired) electrons. The number of rotatable bonds is 5. The number of aryl methyl sites for hydroxylation is 2. The van der Waals surface area contributed by atoms with Gasteiger partial charge in [-0.05, 0) is 67.3 Å². The first kappa shape index (κ1) is 20.2. The zero-order valence-electron chi connectivity index (χ0n) is 17.4. The van der Waals surface area contributed by atoms with Crippen LogP contribution >= 0.6 is 0 Å². The predicted molar refractivity (Wildman–Crippen MR) is 118 cm³/mol. The first-order chi connectivity index (χ1) is 14.4. The number of ether oxygens (including phenoxy) is 1. The van der Waals surface area contributed by atoms with Crippen molar-refractivity contribution in [3.8, 4) is 5.75 Å². The second kappa shape index (κ2) is 7.99. The van der Waals surface area contributed by atoms with Crippen molar-refractivity contribution in [3.05, 3.63) is 77.6 Å². The second-order valence-corrected chi connectivity index (χ2v) is 9.36. The lowest BCUT2D eigenvalue weighted by atomic mass is 10.1. The molecule has 2 aliphatic rings. The molecule has 0 N–H and O–H groups in total. The fourth-order valence-electron chi connectivity index (χ4n) is 3.65. The van der Waals surface area contributed by atoms with Crippen LogP contribution < -0.4 is 4.74 Å². The third kappa shape index (κ3) is 3.73. The summed E-state index contributed by atoms with van der Waals surface area (Å²) in [5, 5.41) is 0. The van der Waals surface area contributed by atoms with Crippen LogP contribution in [0.1, 0.15) is 17.5 Å². The van der Waals surface area contributed by atoms with Gasteiger partial charge in [0.05, 0.1) is 18.5 Å². The molecule has 2 aromatic carbocycles. The molecule has 0 saturated heterocycles. The maximum atomic E-state index is 13.1. The summed E-state index contributed by atoms with van der Waals surface area (Å²) in [4.78, 5) is 7.05. The van der Waals surface area contributed by atoms with Crippen LogP contribution in [0, 0.1) is 6.92 Å². The first-order valence-corrected chi connectivity index (χ1v) is 11.3. The monoisotopic (exact) mass is 423 g/mol. The molecule has 0 aliphatic carbocycles. The Hall–Kier alpha value is -3.06. The number of amidine groups is 1. The van der Waals surface area contributed by atoms with Crippen LogP contribution in [0.3, 0.4) is 0 Å². The Morgan fingerprint density at radius 3 is 2.60 bits per heavy atom. The highest BCUT2D eigenvalue weighted by molar-refractivity contribution is 7.89. The number of likely N-dealkylation sites (N-methyl/N-ethyl adjacent to an activating group) is 1. The molecule has 0 bridgehead atoms. The van der Waals surface area contributed by atoms with E-state index in [2.05, 4.69) is 12.1 Å². The Kier molecular flexibility index (Phi) is 5.39. The number of benzene rings is 2. The highest BCUT2D eigenvalue weighted by atomic mass is 32.2. The number of fused-ring (bicyclic) bond motifs is 2. The minimum atomic E-state index is -3.66. The van der Waals surface area contributed by atoms with Gasteiger partial charge in [-0.15, -0.1) is 0 Å². The summed E-state index contributed by atoms with van der Waals surface area (Å²) in [5.74, 6) is 1.50. The van der Waals surface area contributed by atoms with E-state index in [0.717, 1.165) is 30.7 Å². The Morgan fingerprint density at radius 1 is 1.10 bits per heavy atom. The van der Waals surface area contributed by atoms with Crippen LogP contribution in [0.5, 0.6) is 5.75 Å². The highest BCUT2D eigenvalue weighted by Gasteiger charge is 2.33. The Morgan fingerprint density at radius 2 is 1.87 bits per heavy atom. The van der Waals surface area contributed by atoms with Gasteiger partial charge in [0, 0.05) is 19.8 Å². The van der Waals surface area contributed by atoms with E-state index in [1.165, 1.54) is 9.87 Å². The Balaban J connectivity index is 1.59. The lowest BCUT2D eigenvalue weighted by Gasteiger charge is -2.29. The van der Waals surface area contributed by atoms with Crippen LogP contribution in [0.4, 0.5) is 5.69 Å². The summed E-state index contributed by atoms with van der Waals surface area (Å²) < 4.78 is 32.8. The van der Waals surface area contributed by atoms with Gasteiger partial charge in [0.15, 0.2) is 5.84 Å². The predicted octanol–water partition coefficient (Wildman–Crippen LogP) is 4.01. The molecule has 30 heavy (non-hydrogen) atoms. The standard InChI is InChI=1S/C23H25N3O3S/c1-17-8-13-22-20(16-17)24-23-21(25(2)30(22,27)28)7-5-15-26(23)14-4-6-18-9-11-19(29-3)12-10-18/h5,7-13,15-16H,4,6,14H2,1-3H3. The average Bonchev–Trinajstić information content (AvgIpc) is 2.82. The zero-order chi connectivity index (χ0) is 21.3. The summed E-state index contributed by atoms with van der Waals surface area (Å²) in [5.41, 5.74) is 3.27. The van der Waals surface area contributed by atoms with Gasteiger partial charge in [-0.2, -0.15) is 0 Å². The smallest absolute Gasteiger partial charge is 0.266 e. The van der Waals surface area contributed by atoms with Crippen LogP contribution in [0.2, 0.25) is 0 Å². The van der Waals surface area contributed by atoms with E-state index in [0.29, 0.717) is 17.2 Å². The topological polar surface area (TPSA) is 62.2 Å². The van der Waals surface area contributed by atoms with Crippen molar-refractivity contribution in [1.82, 2.24) is 9.21 Å². The quantitative estimate of drug-likeness (QED) is 0.729. The molecule has 2 heterocycles. The van der Waals surface area contributed by atoms with Crippen molar-refractivity contribution in [2.45, 2.75) is 24.7 Å². The van der Waals surface area contributed by atoms with Gasteiger partial charge in [0.2, 0.25) is 0 Å². The van der Waals surface area contributed by atoms with Crippen LogP contribution in [-0.2, 0) is 16.4 Å². The van der Waals surface area contributed by atoms with Crippen molar-refractivity contribution in [2.24, 2.45) is 4.99 Å². The van der Waals surface area contributed by atoms with E-state index in [4.69, 9.17) is 9.73 Å². The zero-order valence-corrected chi connectivity index (χ0v) is 18.2. The van der Waals surface area contributed by atoms with Gasteiger partial charge in [-0.25, -0.2) is 13.4 Å². The number of sulfonamides is 1. The molecule has 2 aliphatic heterocycles. The van der Waals surface area contributed by atoms with Crippen LogP contribution in [0.15, 0.2) is 76.4 Å². The second-order valence-electron chi connectivity index (χ2n) is 7.42. The van der Waals surface area contributed by atoms with Gasteiger partial charge < -0.3 is 9.64 Å². The summed E-state index contributed by atoms with van der Waals surface area (Å²) in [7, 11) is -0.416. The maximum Gasteiger partial charge on any atom is 0.266 e. The summed E-state index contributed by atoms with van der Waals surface area (Å²) >= 11 is 0. The number of methoxy groups -OCH3 is 1. The van der Waals surface area contributed by atoms with E-state index in [-0.39, 0.29) is 4.90 Å². The number of allylic oxidation sites excluding steroid dienone is 2. The Labute approximate surface area is 177 Å². The number of aliphatic imine (C=N–C) groups is 1. The van der Waals surface area contributed by atoms with Crippen LogP contribution in [-0.4, -0.2) is 44.2 Å². The van der Waals surface area contributed by atoms with Gasteiger partial charge in [0.25, 0.3) is 10.0 Å². The molecule has 0 saturated carbocycles. The minimum absolute atomic E-state index is 0.233. The van der Waals surface area contributed by atoms with E-state index >= 15 is 0 Å². The number of nitrogens with zero attached hydrogens (tertiary/aromatic N) is 3. The van der Waals surface area contributed by atoms with E-state index in [1.54, 1.807) is 32.4 Å². The minimum Gasteiger partial charge on any atom is -0.497 e. The van der Waals surface area contributed by atoms with E-state index in [1.807, 2.05) is 42.3 Å². The van der Waals surface area contributed by atoms with Crippen molar-refractivity contribution in [3.63, 3.8) is 0 Å². The fraction of sp³-hybridized carbons (Fsp3) is 0.261. The fourth-order valence-corrected chi connectivity index (χ4v) is 4.95. The number of hydrogen-bond acceptors (Lipinski definition) is 5. The lowest BCUT2D eigenvalue weighted by molar-refractivity contribution is 0.414. The molecule has 0 atom stereocenters. The Bertz CT molecular complexity index is 1150. The van der Waals surface area contributed by atoms with Crippen molar-refractivity contribution in [1.29, 1.82) is 0 Å². The molecule has 0 amide bonds. The largest absolute Gasteiger partial charge is 0.497 e. The summed E-state index contributed by atoms with van der Waals surface area (Å²) in [6.07, 6.45) is 7.44. The molecule has 0 spiro atoms. The van der Waals surface area contributed by atoms with Gasteiger partial charge in [0.1, 0.15) is 10.6 Å². The van der Waals surface area contributed by atoms with Gasteiger partial charge >= 0.3 is 0 Å². The molecular weight excluding hydrogens is 398 g/mol. The molecule has 7 heteroatoms. The molecular formula is C23H25N3O3S. The third-order valence-electron chi connectivity index (χ3n) is 5.36. The maximum absolute atomic E-state index is 13.1. The first-order valence-electron chi connectivity index (χ1n) is 9.87. The van der Waals surface area contributed by atoms with Gasteiger partial charge in [-0.1, -0.05) is 18.2 Å². The molecule has 4 rings (SSSR count). The molecule has 6 nitrogen and oxygen atoms in total. The lowest BCUT2D eigenvalue weighted by Crippen LogP contribution is -2.37. The molecule has 0 aromatic heterocycles.